The Hall–Kier alpha value is -4.47. The lowest BCUT2D eigenvalue weighted by Gasteiger charge is -2.34. The molecule has 5 rings (SSSR count). The zero-order valence-electron chi connectivity index (χ0n) is 26.0. The van der Waals surface area contributed by atoms with Gasteiger partial charge in [0.05, 0.1) is 11.7 Å². The summed E-state index contributed by atoms with van der Waals surface area (Å²) in [6, 6.07) is 15.6. The molecular formula is C34H41N5O5. The van der Waals surface area contributed by atoms with Crippen molar-refractivity contribution in [1.82, 2.24) is 15.3 Å². The number of carboxylic acid groups (broad SMARTS) is 1. The van der Waals surface area contributed by atoms with Gasteiger partial charge in [-0.2, -0.15) is 0 Å². The first-order chi connectivity index (χ1) is 20.9. The number of aliphatic carboxylic acids is 1. The predicted octanol–water partition coefficient (Wildman–Crippen LogP) is 6.51. The second-order valence-corrected chi connectivity index (χ2v) is 12.8. The standard InChI is InChI=1S/C34H41N5O5/c1-20(27-19-30(37-21(2)36-27)39-28-9-7-6-8-25(28)18-29(39)32(41)42)35-31(40)24-12-10-22(11-13-24)23-14-16-26(17-15-23)38-33(43)44-34(3,4)5/h10-17,19-20,25,28-29H,6-9,18H2,1-5H3,(H,35,40)(H,38,43)(H,41,42)/t20-,25-,28-,29-/m0/s1. The molecule has 44 heavy (non-hydrogen) atoms. The van der Waals surface area contributed by atoms with Crippen molar-refractivity contribution in [3.8, 4) is 11.1 Å². The van der Waals surface area contributed by atoms with Gasteiger partial charge in [0, 0.05) is 23.4 Å². The molecule has 2 amide bonds. The molecular weight excluding hydrogens is 558 g/mol. The van der Waals surface area contributed by atoms with Crippen LogP contribution in [0.4, 0.5) is 16.3 Å². The van der Waals surface area contributed by atoms with Gasteiger partial charge in [-0.05, 0) is 95.2 Å². The zero-order chi connectivity index (χ0) is 31.6. The molecule has 10 heteroatoms. The van der Waals surface area contributed by atoms with Crippen molar-refractivity contribution < 1.29 is 24.2 Å². The summed E-state index contributed by atoms with van der Waals surface area (Å²) in [6.07, 6.45) is 4.35. The van der Waals surface area contributed by atoms with Gasteiger partial charge in [0.2, 0.25) is 0 Å². The van der Waals surface area contributed by atoms with Gasteiger partial charge < -0.3 is 20.1 Å². The van der Waals surface area contributed by atoms with E-state index in [1.807, 2.05) is 62.9 Å². The van der Waals surface area contributed by atoms with E-state index < -0.39 is 29.7 Å². The number of nitrogens with one attached hydrogen (secondary N) is 2. The van der Waals surface area contributed by atoms with Crippen molar-refractivity contribution in [2.75, 3.05) is 10.2 Å². The number of benzene rings is 2. The molecule has 1 saturated carbocycles. The van der Waals surface area contributed by atoms with Crippen LogP contribution in [0.15, 0.2) is 54.6 Å². The summed E-state index contributed by atoms with van der Waals surface area (Å²) in [7, 11) is 0. The number of fused-ring (bicyclic) bond motifs is 1. The van der Waals surface area contributed by atoms with Crippen molar-refractivity contribution in [3.05, 3.63) is 71.7 Å². The molecule has 2 fully saturated rings. The largest absolute Gasteiger partial charge is 0.480 e. The molecule has 1 aliphatic carbocycles. The van der Waals surface area contributed by atoms with E-state index in [1.54, 1.807) is 31.2 Å². The number of rotatable bonds is 7. The fraction of sp³-hybridized carbons (Fsp3) is 0.441. The highest BCUT2D eigenvalue weighted by Crippen LogP contribution is 2.42. The Morgan fingerprint density at radius 3 is 2.25 bits per heavy atom. The van der Waals surface area contributed by atoms with E-state index in [2.05, 4.69) is 20.6 Å². The Labute approximate surface area is 258 Å². The number of carboxylic acids is 1. The highest BCUT2D eigenvalue weighted by molar-refractivity contribution is 5.95. The highest BCUT2D eigenvalue weighted by atomic mass is 16.6. The fourth-order valence-corrected chi connectivity index (χ4v) is 6.27. The van der Waals surface area contributed by atoms with E-state index in [4.69, 9.17) is 4.74 Å². The minimum atomic E-state index is -0.824. The number of hydrogen-bond acceptors (Lipinski definition) is 7. The van der Waals surface area contributed by atoms with E-state index in [-0.39, 0.29) is 11.9 Å². The van der Waals surface area contributed by atoms with Crippen LogP contribution in [0.5, 0.6) is 0 Å². The van der Waals surface area contributed by atoms with E-state index >= 15 is 0 Å². The van der Waals surface area contributed by atoms with Gasteiger partial charge in [0.15, 0.2) is 0 Å². The van der Waals surface area contributed by atoms with Gasteiger partial charge in [-0.15, -0.1) is 0 Å². The topological polar surface area (TPSA) is 134 Å². The van der Waals surface area contributed by atoms with Gasteiger partial charge in [-0.3, -0.25) is 10.1 Å². The number of ether oxygens (including phenoxy) is 1. The van der Waals surface area contributed by atoms with Gasteiger partial charge in [-0.25, -0.2) is 19.6 Å². The third-order valence-corrected chi connectivity index (χ3v) is 8.28. The maximum atomic E-state index is 13.2. The summed E-state index contributed by atoms with van der Waals surface area (Å²) in [5, 5.41) is 15.7. The first kappa shape index (κ1) is 31.0. The molecule has 232 valence electrons. The molecule has 1 saturated heterocycles. The number of carbonyl (C=O) groups is 3. The van der Waals surface area contributed by atoms with Crippen molar-refractivity contribution in [1.29, 1.82) is 0 Å². The minimum Gasteiger partial charge on any atom is -0.480 e. The van der Waals surface area contributed by atoms with Crippen molar-refractivity contribution in [3.63, 3.8) is 0 Å². The van der Waals surface area contributed by atoms with Crippen LogP contribution in [0, 0.1) is 12.8 Å². The first-order valence-electron chi connectivity index (χ1n) is 15.3. The molecule has 2 aliphatic rings. The third-order valence-electron chi connectivity index (χ3n) is 8.28. The molecule has 10 nitrogen and oxygen atoms in total. The Balaban J connectivity index is 1.25. The van der Waals surface area contributed by atoms with E-state index in [0.717, 1.165) is 36.8 Å². The second kappa shape index (κ2) is 12.6. The van der Waals surface area contributed by atoms with Gasteiger partial charge in [-0.1, -0.05) is 37.1 Å². The van der Waals surface area contributed by atoms with Crippen LogP contribution >= 0.6 is 0 Å². The molecule has 2 heterocycles. The summed E-state index contributed by atoms with van der Waals surface area (Å²) in [5.74, 6) is 0.451. The molecule has 1 aliphatic heterocycles. The van der Waals surface area contributed by atoms with Crippen LogP contribution in [-0.2, 0) is 9.53 Å². The molecule has 4 atom stereocenters. The summed E-state index contributed by atoms with van der Waals surface area (Å²) < 4.78 is 5.30. The zero-order valence-corrected chi connectivity index (χ0v) is 26.0. The number of amides is 2. The van der Waals surface area contributed by atoms with E-state index in [1.165, 1.54) is 0 Å². The summed E-state index contributed by atoms with van der Waals surface area (Å²) >= 11 is 0. The molecule has 3 aromatic rings. The monoisotopic (exact) mass is 599 g/mol. The Morgan fingerprint density at radius 1 is 0.977 bits per heavy atom. The SMILES string of the molecule is Cc1nc([C@H](C)NC(=O)c2ccc(-c3ccc(NC(=O)OC(C)(C)C)cc3)cc2)cc(N2[C@H](C(=O)O)C[C@@H]3CCCC[C@@H]32)n1. The third kappa shape index (κ3) is 7.18. The summed E-state index contributed by atoms with van der Waals surface area (Å²) in [4.78, 5) is 48.6. The quantitative estimate of drug-likeness (QED) is 0.280. The number of hydrogen-bond donors (Lipinski definition) is 3. The summed E-state index contributed by atoms with van der Waals surface area (Å²) in [5.41, 5.74) is 3.05. The lowest BCUT2D eigenvalue weighted by molar-refractivity contribution is -0.138. The lowest BCUT2D eigenvalue weighted by Crippen LogP contribution is -2.43. The van der Waals surface area contributed by atoms with Gasteiger partial charge in [0.1, 0.15) is 23.3 Å². The Kier molecular flexibility index (Phi) is 8.90. The molecule has 3 N–H and O–H groups in total. The highest BCUT2D eigenvalue weighted by Gasteiger charge is 2.46. The normalized spacial score (nSPS) is 20.4. The van der Waals surface area contributed by atoms with Crippen molar-refractivity contribution in [2.24, 2.45) is 5.92 Å². The molecule has 0 radical (unpaired) electrons. The smallest absolute Gasteiger partial charge is 0.412 e. The Bertz CT molecular complexity index is 1520. The summed E-state index contributed by atoms with van der Waals surface area (Å²) in [6.45, 7) is 9.10. The Morgan fingerprint density at radius 2 is 1.61 bits per heavy atom. The predicted molar refractivity (Wildman–Crippen MR) is 169 cm³/mol. The number of aryl methyl sites for hydroxylation is 1. The number of anilines is 2. The number of aromatic nitrogens is 2. The average molecular weight is 600 g/mol. The number of nitrogens with zero attached hydrogens (tertiary/aromatic N) is 3. The molecule has 0 spiro atoms. The maximum absolute atomic E-state index is 13.2. The fourth-order valence-electron chi connectivity index (χ4n) is 6.27. The van der Waals surface area contributed by atoms with Crippen LogP contribution < -0.4 is 15.5 Å². The average Bonchev–Trinajstić information content (AvgIpc) is 3.36. The van der Waals surface area contributed by atoms with Crippen LogP contribution in [0.3, 0.4) is 0 Å². The minimum absolute atomic E-state index is 0.160. The van der Waals surface area contributed by atoms with Crippen molar-refractivity contribution in [2.45, 2.75) is 90.4 Å². The maximum Gasteiger partial charge on any atom is 0.412 e. The molecule has 1 aromatic heterocycles. The van der Waals surface area contributed by atoms with Gasteiger partial charge >= 0.3 is 12.1 Å². The number of carbonyl (C=O) groups excluding carboxylic acids is 2. The van der Waals surface area contributed by atoms with E-state index in [9.17, 15) is 19.5 Å². The van der Waals surface area contributed by atoms with Crippen LogP contribution in [-0.4, -0.2) is 50.7 Å². The van der Waals surface area contributed by atoms with Crippen LogP contribution in [0.1, 0.15) is 87.7 Å². The first-order valence-corrected chi connectivity index (χ1v) is 15.3. The van der Waals surface area contributed by atoms with Crippen LogP contribution in [0.25, 0.3) is 11.1 Å². The van der Waals surface area contributed by atoms with E-state index in [0.29, 0.717) is 40.9 Å². The molecule has 0 bridgehead atoms. The van der Waals surface area contributed by atoms with Crippen LogP contribution in [0.2, 0.25) is 0 Å². The molecule has 0 unspecified atom stereocenters. The lowest BCUT2D eigenvalue weighted by atomic mass is 9.85. The molecule has 2 aromatic carbocycles. The second-order valence-electron chi connectivity index (χ2n) is 12.8. The van der Waals surface area contributed by atoms with Crippen molar-refractivity contribution >= 4 is 29.5 Å². The van der Waals surface area contributed by atoms with Gasteiger partial charge in [0.25, 0.3) is 5.91 Å².